The van der Waals surface area contributed by atoms with Crippen LogP contribution in [0.3, 0.4) is 0 Å². The molecule has 0 aliphatic carbocycles. The summed E-state index contributed by atoms with van der Waals surface area (Å²) in [5.74, 6) is -0.214. The second-order valence-electron chi connectivity index (χ2n) is 7.29. The fourth-order valence-corrected chi connectivity index (χ4v) is 3.85. The Bertz CT molecular complexity index is 888. The topological polar surface area (TPSA) is 31.6 Å². The highest BCUT2D eigenvalue weighted by molar-refractivity contribution is 5.46. The van der Waals surface area contributed by atoms with Crippen molar-refractivity contribution >= 4 is 5.69 Å². The van der Waals surface area contributed by atoms with Gasteiger partial charge in [0.05, 0.1) is 6.54 Å². The van der Waals surface area contributed by atoms with E-state index in [0.717, 1.165) is 31.9 Å². The van der Waals surface area contributed by atoms with E-state index >= 15 is 0 Å². The number of aromatic nitrogens is 1. The lowest BCUT2D eigenvalue weighted by molar-refractivity contribution is 0.103. The molecular formula is C23H26FN3O. The highest BCUT2D eigenvalue weighted by atomic mass is 19.1. The molecule has 1 atom stereocenters. The van der Waals surface area contributed by atoms with Crippen molar-refractivity contribution in [3.05, 3.63) is 90.0 Å². The first-order valence-electron chi connectivity index (χ1n) is 9.79. The molecule has 3 aromatic rings. The molecule has 1 N–H and O–H groups in total. The van der Waals surface area contributed by atoms with Crippen LogP contribution in [0.25, 0.3) is 0 Å². The molecule has 2 heterocycles. The van der Waals surface area contributed by atoms with E-state index in [-0.39, 0.29) is 5.82 Å². The van der Waals surface area contributed by atoms with Crippen LogP contribution < -0.4 is 4.90 Å². The van der Waals surface area contributed by atoms with E-state index in [0.29, 0.717) is 18.7 Å². The number of piperazine rings is 1. The molecule has 28 heavy (non-hydrogen) atoms. The second-order valence-corrected chi connectivity index (χ2v) is 7.29. The van der Waals surface area contributed by atoms with Gasteiger partial charge in [-0.15, -0.1) is 0 Å². The van der Waals surface area contributed by atoms with Gasteiger partial charge in [-0.1, -0.05) is 36.4 Å². The first-order valence-corrected chi connectivity index (χ1v) is 9.79. The monoisotopic (exact) mass is 379 g/mol. The van der Waals surface area contributed by atoms with Gasteiger partial charge < -0.3 is 14.6 Å². The normalized spacial score (nSPS) is 16.3. The van der Waals surface area contributed by atoms with Crippen LogP contribution in [0.5, 0.6) is 0 Å². The van der Waals surface area contributed by atoms with Crippen LogP contribution in [0.15, 0.2) is 72.9 Å². The highest BCUT2D eigenvalue weighted by Crippen LogP contribution is 2.20. The summed E-state index contributed by atoms with van der Waals surface area (Å²) in [6.45, 7) is 4.75. The molecule has 5 heteroatoms. The number of β-amino-alcohol motifs (C(OH)–C–C–N with tert-alkyl or cyclic N) is 1. The van der Waals surface area contributed by atoms with Crippen molar-refractivity contribution in [3.63, 3.8) is 0 Å². The summed E-state index contributed by atoms with van der Waals surface area (Å²) in [6.07, 6.45) is 1.31. The smallest absolute Gasteiger partial charge is 0.128 e. The van der Waals surface area contributed by atoms with Crippen molar-refractivity contribution in [1.29, 1.82) is 0 Å². The molecule has 146 valence electrons. The molecule has 1 unspecified atom stereocenters. The molecule has 4 rings (SSSR count). The molecule has 1 aliphatic rings. The van der Waals surface area contributed by atoms with Crippen molar-refractivity contribution in [2.45, 2.75) is 12.6 Å². The maximum absolute atomic E-state index is 14.0. The van der Waals surface area contributed by atoms with E-state index in [9.17, 15) is 9.50 Å². The number of para-hydroxylation sites is 1. The SMILES string of the molecule is OC(CN1CCN(c2ccccc2)CC1)c1cccn1Cc1ccccc1F. The van der Waals surface area contributed by atoms with Crippen LogP contribution in [0.1, 0.15) is 17.4 Å². The summed E-state index contributed by atoms with van der Waals surface area (Å²) in [4.78, 5) is 4.67. The van der Waals surface area contributed by atoms with E-state index in [1.807, 2.05) is 35.0 Å². The standard InChI is InChI=1S/C23H26FN3O/c24-21-10-5-4-7-19(21)17-27-12-6-11-22(27)23(28)18-25-13-15-26(16-14-25)20-8-2-1-3-9-20/h1-12,23,28H,13-18H2. The first-order chi connectivity index (χ1) is 13.7. The first kappa shape index (κ1) is 18.7. The van der Waals surface area contributed by atoms with Gasteiger partial charge in [-0.2, -0.15) is 0 Å². The third-order valence-electron chi connectivity index (χ3n) is 5.43. The third kappa shape index (κ3) is 4.26. The van der Waals surface area contributed by atoms with Crippen LogP contribution in [0.2, 0.25) is 0 Å². The lowest BCUT2D eigenvalue weighted by Gasteiger charge is -2.37. The molecule has 0 saturated carbocycles. The molecule has 1 aliphatic heterocycles. The van der Waals surface area contributed by atoms with Gasteiger partial charge in [0.15, 0.2) is 0 Å². The third-order valence-corrected chi connectivity index (χ3v) is 5.43. The van der Waals surface area contributed by atoms with Gasteiger partial charge in [-0.3, -0.25) is 4.90 Å². The molecule has 1 aromatic heterocycles. The Labute approximate surface area is 165 Å². The average Bonchev–Trinajstić information content (AvgIpc) is 3.19. The Morgan fingerprint density at radius 1 is 0.857 bits per heavy atom. The summed E-state index contributed by atoms with van der Waals surface area (Å²) >= 11 is 0. The Morgan fingerprint density at radius 3 is 2.32 bits per heavy atom. The van der Waals surface area contributed by atoms with E-state index in [4.69, 9.17) is 0 Å². The van der Waals surface area contributed by atoms with Crippen LogP contribution in [-0.2, 0) is 6.54 Å². The molecule has 0 radical (unpaired) electrons. The Balaban J connectivity index is 1.36. The van der Waals surface area contributed by atoms with Gasteiger partial charge in [0.2, 0.25) is 0 Å². The molecule has 1 saturated heterocycles. The molecule has 1 fully saturated rings. The predicted molar refractivity (Wildman–Crippen MR) is 110 cm³/mol. The summed E-state index contributed by atoms with van der Waals surface area (Å²) < 4.78 is 15.9. The molecule has 0 bridgehead atoms. The number of hydrogen-bond acceptors (Lipinski definition) is 3. The van der Waals surface area contributed by atoms with Gasteiger partial charge in [0.1, 0.15) is 11.9 Å². The second kappa shape index (κ2) is 8.59. The minimum Gasteiger partial charge on any atom is -0.386 e. The average molecular weight is 379 g/mol. The van der Waals surface area contributed by atoms with E-state index < -0.39 is 6.10 Å². The lowest BCUT2D eigenvalue weighted by atomic mass is 10.1. The molecular weight excluding hydrogens is 353 g/mol. The van der Waals surface area contributed by atoms with Gasteiger partial charge >= 0.3 is 0 Å². The number of aliphatic hydroxyl groups is 1. The number of aliphatic hydroxyl groups excluding tert-OH is 1. The van der Waals surface area contributed by atoms with Crippen LogP contribution in [-0.4, -0.2) is 47.3 Å². The molecule has 2 aromatic carbocycles. The zero-order chi connectivity index (χ0) is 19.3. The molecule has 0 amide bonds. The van der Waals surface area contributed by atoms with E-state index in [2.05, 4.69) is 34.1 Å². The van der Waals surface area contributed by atoms with Crippen molar-refractivity contribution in [3.8, 4) is 0 Å². The van der Waals surface area contributed by atoms with Gasteiger partial charge in [-0.25, -0.2) is 4.39 Å². The Hall–Kier alpha value is -2.63. The molecule has 4 nitrogen and oxygen atoms in total. The van der Waals surface area contributed by atoms with Crippen molar-refractivity contribution < 1.29 is 9.50 Å². The number of benzene rings is 2. The zero-order valence-corrected chi connectivity index (χ0v) is 15.9. The van der Waals surface area contributed by atoms with Crippen LogP contribution in [0, 0.1) is 5.82 Å². The lowest BCUT2D eigenvalue weighted by Crippen LogP contribution is -2.47. The number of anilines is 1. The highest BCUT2D eigenvalue weighted by Gasteiger charge is 2.21. The maximum Gasteiger partial charge on any atom is 0.128 e. The summed E-state index contributed by atoms with van der Waals surface area (Å²) in [5, 5.41) is 10.8. The van der Waals surface area contributed by atoms with Crippen LogP contribution in [0.4, 0.5) is 10.1 Å². The number of hydrogen-bond donors (Lipinski definition) is 1. The van der Waals surface area contributed by atoms with Gasteiger partial charge in [0, 0.05) is 55.9 Å². The Morgan fingerprint density at radius 2 is 1.57 bits per heavy atom. The fourth-order valence-electron chi connectivity index (χ4n) is 3.85. The number of rotatable bonds is 6. The van der Waals surface area contributed by atoms with E-state index in [1.54, 1.807) is 12.1 Å². The Kier molecular flexibility index (Phi) is 5.74. The number of halogens is 1. The minimum atomic E-state index is -0.593. The summed E-state index contributed by atoms with van der Waals surface area (Å²) in [7, 11) is 0. The molecule has 0 spiro atoms. The van der Waals surface area contributed by atoms with Crippen molar-refractivity contribution in [2.24, 2.45) is 0 Å². The fraction of sp³-hybridized carbons (Fsp3) is 0.304. The largest absolute Gasteiger partial charge is 0.386 e. The quantitative estimate of drug-likeness (QED) is 0.711. The van der Waals surface area contributed by atoms with Gasteiger partial charge in [-0.05, 0) is 30.3 Å². The van der Waals surface area contributed by atoms with Crippen molar-refractivity contribution in [1.82, 2.24) is 9.47 Å². The maximum atomic E-state index is 14.0. The van der Waals surface area contributed by atoms with Gasteiger partial charge in [0.25, 0.3) is 0 Å². The van der Waals surface area contributed by atoms with Crippen molar-refractivity contribution in [2.75, 3.05) is 37.6 Å². The number of nitrogens with zero attached hydrogens (tertiary/aromatic N) is 3. The van der Waals surface area contributed by atoms with Crippen LogP contribution >= 0.6 is 0 Å². The van der Waals surface area contributed by atoms with E-state index in [1.165, 1.54) is 11.8 Å². The minimum absolute atomic E-state index is 0.214. The summed E-state index contributed by atoms with van der Waals surface area (Å²) in [5.41, 5.74) is 2.71. The zero-order valence-electron chi connectivity index (χ0n) is 15.9. The predicted octanol–water partition coefficient (Wildman–Crippen LogP) is 3.53. The summed E-state index contributed by atoms with van der Waals surface area (Å²) in [6, 6.07) is 21.1.